The van der Waals surface area contributed by atoms with Gasteiger partial charge in [-0.1, -0.05) is 47.1 Å². The van der Waals surface area contributed by atoms with E-state index in [-0.39, 0.29) is 47.5 Å². The van der Waals surface area contributed by atoms with Gasteiger partial charge in [0, 0.05) is 73.5 Å². The number of pyridine rings is 1. The fourth-order valence-electron chi connectivity index (χ4n) is 7.84. The first-order valence-electron chi connectivity index (χ1n) is 17.3. The van der Waals surface area contributed by atoms with Gasteiger partial charge in [0.15, 0.2) is 12.0 Å². The lowest BCUT2D eigenvalue weighted by atomic mass is 9.95. The number of hydrogen-bond acceptors (Lipinski definition) is 10. The SMILES string of the molecule is C[C@H](F)c1noc(/C=C/C(=O)N2CC[C@@H](N(C)c3nc(OCC45CCCN4C[C@H](F)C5)nc4c(F)c(-c5cccc6cccc(Cl)c56)ncc34)C2)n1. The number of hydrogen-bond donors (Lipinski definition) is 0. The van der Waals surface area contributed by atoms with Crippen LogP contribution in [0.3, 0.4) is 0 Å². The first kappa shape index (κ1) is 34.3. The Hall–Kier alpha value is -4.82. The summed E-state index contributed by atoms with van der Waals surface area (Å²) in [7, 11) is 1.83. The van der Waals surface area contributed by atoms with Crippen LogP contribution in [0.4, 0.5) is 19.0 Å². The van der Waals surface area contributed by atoms with E-state index in [0.717, 1.165) is 24.8 Å². The van der Waals surface area contributed by atoms with E-state index in [4.69, 9.17) is 25.8 Å². The zero-order chi connectivity index (χ0) is 36.1. The molecule has 3 aromatic heterocycles. The Morgan fingerprint density at radius 2 is 2.02 bits per heavy atom. The van der Waals surface area contributed by atoms with Crippen LogP contribution in [0.25, 0.3) is 39.0 Å². The molecule has 52 heavy (non-hydrogen) atoms. The van der Waals surface area contributed by atoms with Gasteiger partial charge in [-0.3, -0.25) is 14.7 Å². The molecule has 3 aliphatic rings. The van der Waals surface area contributed by atoms with E-state index >= 15 is 4.39 Å². The minimum absolute atomic E-state index is 0.0202. The number of amides is 1. The number of halogens is 4. The highest BCUT2D eigenvalue weighted by atomic mass is 35.5. The third kappa shape index (κ3) is 6.21. The van der Waals surface area contributed by atoms with Crippen molar-refractivity contribution in [2.75, 3.05) is 44.7 Å². The summed E-state index contributed by atoms with van der Waals surface area (Å²) in [6.07, 6.45) is 4.59. The van der Waals surface area contributed by atoms with Gasteiger partial charge in [0.1, 0.15) is 29.8 Å². The Morgan fingerprint density at radius 1 is 1.19 bits per heavy atom. The van der Waals surface area contributed by atoms with Crippen LogP contribution in [0.5, 0.6) is 6.01 Å². The first-order valence-corrected chi connectivity index (χ1v) is 17.7. The fraction of sp³-hybridized carbons (Fsp3) is 0.405. The van der Waals surface area contributed by atoms with Crippen molar-refractivity contribution in [2.24, 2.45) is 0 Å². The van der Waals surface area contributed by atoms with Gasteiger partial charge in [-0.15, -0.1) is 0 Å². The maximum atomic E-state index is 16.8. The Morgan fingerprint density at radius 3 is 2.83 bits per heavy atom. The largest absolute Gasteiger partial charge is 0.461 e. The molecule has 6 heterocycles. The molecule has 8 rings (SSSR count). The monoisotopic (exact) mass is 732 g/mol. The molecule has 0 aliphatic carbocycles. The molecule has 15 heteroatoms. The second kappa shape index (κ2) is 13.6. The van der Waals surface area contributed by atoms with Crippen molar-refractivity contribution in [1.29, 1.82) is 0 Å². The standard InChI is InChI=1S/C37H36ClF3N8O3/c1-21(39)34-43-28(52-46-34)10-11-29(50)48-15-12-24(19-48)47(2)35-26-17-42-32(25-8-3-6-22-7-4-9-27(38)30(22)25)31(41)33(26)44-36(45-35)51-20-37-13-5-14-49(37)18-23(40)16-37/h3-4,6-11,17,21,23-24H,5,12-16,18-20H2,1-2H3/b11-10+/t21-,23+,24+,37?/m0/s1. The van der Waals surface area contributed by atoms with Crippen molar-refractivity contribution in [2.45, 2.75) is 56.5 Å². The Labute approximate surface area is 302 Å². The van der Waals surface area contributed by atoms with Gasteiger partial charge in [-0.25, -0.2) is 13.2 Å². The number of fused-ring (bicyclic) bond motifs is 3. The number of carbonyl (C=O) groups excluding carboxylic acids is 1. The molecule has 0 bridgehead atoms. The molecule has 2 aromatic carbocycles. The van der Waals surface area contributed by atoms with Crippen molar-refractivity contribution in [3.05, 3.63) is 71.2 Å². The maximum Gasteiger partial charge on any atom is 0.319 e. The Kier molecular flexibility index (Phi) is 8.98. The molecule has 5 aromatic rings. The number of rotatable bonds is 9. The molecule has 4 atom stereocenters. The van der Waals surface area contributed by atoms with E-state index in [9.17, 15) is 13.6 Å². The van der Waals surface area contributed by atoms with Gasteiger partial charge in [0.25, 0.3) is 5.89 Å². The van der Waals surface area contributed by atoms with Crippen LogP contribution in [0.15, 0.2) is 53.2 Å². The smallest absolute Gasteiger partial charge is 0.319 e. The van der Waals surface area contributed by atoms with Crippen molar-refractivity contribution in [3.8, 4) is 17.3 Å². The number of ether oxygens (including phenoxy) is 1. The molecule has 11 nitrogen and oxygen atoms in total. The van der Waals surface area contributed by atoms with Crippen molar-refractivity contribution in [3.63, 3.8) is 0 Å². The van der Waals surface area contributed by atoms with Gasteiger partial charge in [0.2, 0.25) is 11.7 Å². The lowest BCUT2D eigenvalue weighted by Crippen LogP contribution is -2.43. The molecule has 270 valence electrons. The summed E-state index contributed by atoms with van der Waals surface area (Å²) in [4.78, 5) is 36.7. The summed E-state index contributed by atoms with van der Waals surface area (Å²) in [5.74, 6) is -0.616. The summed E-state index contributed by atoms with van der Waals surface area (Å²) in [5, 5.41) is 5.92. The molecule has 1 amide bonds. The normalized spacial score (nSPS) is 22.5. The van der Waals surface area contributed by atoms with Gasteiger partial charge >= 0.3 is 6.01 Å². The van der Waals surface area contributed by atoms with Crippen molar-refractivity contribution < 1.29 is 27.2 Å². The average Bonchev–Trinajstić information content (AvgIpc) is 3.94. The number of benzene rings is 2. The average molecular weight is 733 g/mol. The van der Waals surface area contributed by atoms with Crippen LogP contribution < -0.4 is 9.64 Å². The van der Waals surface area contributed by atoms with Crippen LogP contribution >= 0.6 is 11.6 Å². The molecule has 3 saturated heterocycles. The zero-order valence-corrected chi connectivity index (χ0v) is 29.4. The topological polar surface area (TPSA) is 114 Å². The lowest BCUT2D eigenvalue weighted by molar-refractivity contribution is -0.124. The van der Waals surface area contributed by atoms with Crippen LogP contribution in [-0.2, 0) is 4.79 Å². The van der Waals surface area contributed by atoms with E-state index in [1.807, 2.05) is 36.2 Å². The predicted octanol–water partition coefficient (Wildman–Crippen LogP) is 6.76. The van der Waals surface area contributed by atoms with E-state index < -0.39 is 23.7 Å². The Balaban J connectivity index is 1.12. The molecule has 3 fully saturated rings. The van der Waals surface area contributed by atoms with Gasteiger partial charge in [0.05, 0.1) is 10.9 Å². The number of likely N-dealkylation sites (tertiary alicyclic amines) is 1. The van der Waals surface area contributed by atoms with E-state index in [0.29, 0.717) is 59.7 Å². The molecule has 0 saturated carbocycles. The number of nitrogens with zero attached hydrogens (tertiary/aromatic N) is 8. The lowest BCUT2D eigenvalue weighted by Gasteiger charge is -2.31. The number of likely N-dealkylation sites (N-methyl/N-ethyl adjacent to an activating group) is 1. The zero-order valence-electron chi connectivity index (χ0n) is 28.6. The number of carbonyl (C=O) groups is 1. The number of anilines is 1. The molecule has 0 radical (unpaired) electrons. The van der Waals surface area contributed by atoms with Gasteiger partial charge in [-0.2, -0.15) is 15.0 Å². The minimum Gasteiger partial charge on any atom is -0.461 e. The highest BCUT2D eigenvalue weighted by Gasteiger charge is 2.49. The number of alkyl halides is 2. The van der Waals surface area contributed by atoms with Crippen LogP contribution in [0.2, 0.25) is 5.02 Å². The fourth-order valence-corrected chi connectivity index (χ4v) is 8.12. The van der Waals surface area contributed by atoms with Crippen LogP contribution in [0.1, 0.15) is 50.5 Å². The minimum atomic E-state index is -1.39. The Bertz CT molecular complexity index is 2200. The van der Waals surface area contributed by atoms with Crippen LogP contribution in [-0.4, -0.2) is 98.4 Å². The highest BCUT2D eigenvalue weighted by molar-refractivity contribution is 6.36. The third-order valence-corrected chi connectivity index (χ3v) is 10.8. The van der Waals surface area contributed by atoms with E-state index in [1.54, 1.807) is 23.2 Å². The van der Waals surface area contributed by atoms with Crippen molar-refractivity contribution in [1.82, 2.24) is 34.9 Å². The summed E-state index contributed by atoms with van der Waals surface area (Å²) >= 11 is 6.61. The summed E-state index contributed by atoms with van der Waals surface area (Å²) in [6, 6.07) is 10.8. The van der Waals surface area contributed by atoms with E-state index in [2.05, 4.69) is 25.0 Å². The summed E-state index contributed by atoms with van der Waals surface area (Å²) in [5.41, 5.74) is 0.164. The highest BCUT2D eigenvalue weighted by Crippen LogP contribution is 2.41. The summed E-state index contributed by atoms with van der Waals surface area (Å²) in [6.45, 7) is 3.42. The second-order valence-electron chi connectivity index (χ2n) is 13.8. The van der Waals surface area contributed by atoms with Crippen LogP contribution in [0, 0.1) is 5.82 Å². The number of aromatic nitrogens is 5. The van der Waals surface area contributed by atoms with Gasteiger partial charge < -0.3 is 19.1 Å². The molecule has 3 aliphatic heterocycles. The molecule has 0 spiro atoms. The third-order valence-electron chi connectivity index (χ3n) is 10.5. The van der Waals surface area contributed by atoms with E-state index in [1.165, 1.54) is 19.1 Å². The predicted molar refractivity (Wildman–Crippen MR) is 190 cm³/mol. The molecule has 1 unspecified atom stereocenters. The van der Waals surface area contributed by atoms with Gasteiger partial charge in [-0.05, 0) is 44.2 Å². The maximum absolute atomic E-state index is 16.8. The summed E-state index contributed by atoms with van der Waals surface area (Å²) < 4.78 is 56.2. The van der Waals surface area contributed by atoms with Crippen molar-refractivity contribution >= 4 is 51.1 Å². The molecular weight excluding hydrogens is 697 g/mol. The second-order valence-corrected chi connectivity index (χ2v) is 14.2. The molecular formula is C37H36ClF3N8O3. The molecule has 0 N–H and O–H groups in total. The first-order chi connectivity index (χ1) is 25.1. The quantitative estimate of drug-likeness (QED) is 0.151.